The Labute approximate surface area is 105 Å². The van der Waals surface area contributed by atoms with Crippen molar-refractivity contribution in [2.24, 2.45) is 0 Å². The van der Waals surface area contributed by atoms with E-state index in [9.17, 15) is 19.2 Å². The molecule has 0 aromatic heterocycles. The van der Waals surface area contributed by atoms with Gasteiger partial charge in [0.25, 0.3) is 0 Å². The number of carbonyl (C=O) groups excluding carboxylic acids is 4. The molecule has 0 spiro atoms. The standard InChI is InChI=1S/2C5H8O2.Ti/c2*1-4(6)3-5(2)7;/h2*3H2,1-2H3;/q;;+2. The minimum Gasteiger partial charge on any atom is -0.300 e. The fourth-order valence-electron chi connectivity index (χ4n) is 0.701. The van der Waals surface area contributed by atoms with E-state index in [-0.39, 0.29) is 57.7 Å². The molecule has 0 atom stereocenters. The van der Waals surface area contributed by atoms with E-state index in [0.29, 0.717) is 0 Å². The topological polar surface area (TPSA) is 68.3 Å². The van der Waals surface area contributed by atoms with Gasteiger partial charge in [-0.15, -0.1) is 0 Å². The van der Waals surface area contributed by atoms with Crippen LogP contribution in [0.4, 0.5) is 0 Å². The molecule has 0 fully saturated rings. The fourth-order valence-corrected chi connectivity index (χ4v) is 0.701. The Kier molecular flexibility index (Phi) is 15.2. The second-order valence-electron chi connectivity index (χ2n) is 3.16. The van der Waals surface area contributed by atoms with Crippen molar-refractivity contribution in [1.82, 2.24) is 0 Å². The van der Waals surface area contributed by atoms with Gasteiger partial charge in [0.1, 0.15) is 23.1 Å². The summed E-state index contributed by atoms with van der Waals surface area (Å²) in [5, 5.41) is 0. The molecule has 0 aliphatic heterocycles. The average Bonchev–Trinajstić information content (AvgIpc) is 1.79. The summed E-state index contributed by atoms with van der Waals surface area (Å²) in [5.74, 6) is -0.250. The normalized spacial score (nSPS) is 7.73. The summed E-state index contributed by atoms with van der Waals surface area (Å²) in [6, 6.07) is 0. The summed E-state index contributed by atoms with van der Waals surface area (Å²) >= 11 is 0. The first-order chi connectivity index (χ1) is 6.25. The molecule has 0 bridgehead atoms. The molecule has 0 aliphatic rings. The van der Waals surface area contributed by atoms with Gasteiger partial charge in [-0.2, -0.15) is 0 Å². The molecule has 0 saturated heterocycles. The first-order valence-electron chi connectivity index (χ1n) is 4.23. The van der Waals surface area contributed by atoms with Gasteiger partial charge in [-0.25, -0.2) is 0 Å². The number of rotatable bonds is 4. The second-order valence-corrected chi connectivity index (χ2v) is 3.16. The van der Waals surface area contributed by atoms with Crippen LogP contribution in [-0.4, -0.2) is 23.1 Å². The first kappa shape index (κ1) is 19.9. The van der Waals surface area contributed by atoms with Crippen LogP contribution in [-0.2, 0) is 40.9 Å². The average molecular weight is 248 g/mol. The van der Waals surface area contributed by atoms with Crippen molar-refractivity contribution < 1.29 is 40.9 Å². The minimum atomic E-state index is -0.0625. The molecule has 0 aliphatic carbocycles. The number of hydrogen-bond donors (Lipinski definition) is 0. The number of ketones is 4. The van der Waals surface area contributed by atoms with E-state index in [1.54, 1.807) is 0 Å². The fraction of sp³-hybridized carbons (Fsp3) is 0.600. The number of hydrogen-bond acceptors (Lipinski definition) is 4. The van der Waals surface area contributed by atoms with Crippen LogP contribution in [0.1, 0.15) is 40.5 Å². The van der Waals surface area contributed by atoms with Gasteiger partial charge < -0.3 is 0 Å². The molecular weight excluding hydrogens is 232 g/mol. The molecule has 0 aromatic rings. The summed E-state index contributed by atoms with van der Waals surface area (Å²) < 4.78 is 0. The molecule has 15 heavy (non-hydrogen) atoms. The molecule has 0 unspecified atom stereocenters. The zero-order chi connectivity index (χ0) is 11.7. The van der Waals surface area contributed by atoms with Crippen molar-refractivity contribution in [3.8, 4) is 0 Å². The third kappa shape index (κ3) is 31.8. The van der Waals surface area contributed by atoms with E-state index in [1.165, 1.54) is 27.7 Å². The third-order valence-electron chi connectivity index (χ3n) is 0.996. The maximum Gasteiger partial charge on any atom is 2.00 e. The van der Waals surface area contributed by atoms with Crippen molar-refractivity contribution in [3.05, 3.63) is 0 Å². The van der Waals surface area contributed by atoms with E-state index < -0.39 is 0 Å². The summed E-state index contributed by atoms with van der Waals surface area (Å²) in [5.41, 5.74) is 0. The van der Waals surface area contributed by atoms with Crippen LogP contribution in [0.2, 0.25) is 0 Å². The van der Waals surface area contributed by atoms with Gasteiger partial charge in [0.05, 0.1) is 12.8 Å². The number of Topliss-reactive ketones (excluding diaryl/α,β-unsaturated/α-hetero) is 4. The Hall–Kier alpha value is -0.606. The molecule has 4 nitrogen and oxygen atoms in total. The van der Waals surface area contributed by atoms with E-state index in [2.05, 4.69) is 0 Å². The van der Waals surface area contributed by atoms with Crippen LogP contribution in [0.15, 0.2) is 0 Å². The van der Waals surface area contributed by atoms with E-state index in [1.807, 2.05) is 0 Å². The SMILES string of the molecule is CC(=O)CC(C)=O.CC(=O)CC(C)=O.[Ti+2]. The van der Waals surface area contributed by atoms with Crippen LogP contribution < -0.4 is 0 Å². The Balaban J connectivity index is -0.000000180. The predicted octanol–water partition coefficient (Wildman–Crippen LogP) is 1.11. The van der Waals surface area contributed by atoms with Crippen molar-refractivity contribution in [2.45, 2.75) is 40.5 Å². The van der Waals surface area contributed by atoms with Crippen LogP contribution in [0.3, 0.4) is 0 Å². The molecule has 0 saturated carbocycles. The molecule has 0 N–H and O–H groups in total. The summed E-state index contributed by atoms with van der Waals surface area (Å²) in [6.45, 7) is 5.62. The Bertz CT molecular complexity index is 196. The van der Waals surface area contributed by atoms with Crippen molar-refractivity contribution in [1.29, 1.82) is 0 Å². The van der Waals surface area contributed by atoms with E-state index in [4.69, 9.17) is 0 Å². The van der Waals surface area contributed by atoms with Crippen molar-refractivity contribution in [2.75, 3.05) is 0 Å². The Morgan fingerprint density at radius 1 is 0.600 bits per heavy atom. The van der Waals surface area contributed by atoms with Crippen molar-refractivity contribution >= 4 is 23.1 Å². The van der Waals surface area contributed by atoms with E-state index in [0.717, 1.165) is 0 Å². The molecule has 0 amide bonds. The van der Waals surface area contributed by atoms with Crippen LogP contribution in [0.25, 0.3) is 0 Å². The number of carbonyl (C=O) groups is 4. The Morgan fingerprint density at radius 2 is 0.733 bits per heavy atom. The predicted molar refractivity (Wildman–Crippen MR) is 52.0 cm³/mol. The molecule has 0 radical (unpaired) electrons. The van der Waals surface area contributed by atoms with Crippen LogP contribution in [0, 0.1) is 0 Å². The molecule has 0 aromatic carbocycles. The molecule has 5 heteroatoms. The van der Waals surface area contributed by atoms with E-state index >= 15 is 0 Å². The molecular formula is C10H16O4Ti+2. The summed E-state index contributed by atoms with van der Waals surface area (Å²) in [6.07, 6.45) is 0.167. The van der Waals surface area contributed by atoms with Gasteiger partial charge in [0.15, 0.2) is 0 Å². The van der Waals surface area contributed by atoms with Gasteiger partial charge in [0.2, 0.25) is 0 Å². The van der Waals surface area contributed by atoms with Gasteiger partial charge >= 0.3 is 21.7 Å². The second kappa shape index (κ2) is 11.5. The Morgan fingerprint density at radius 3 is 0.733 bits per heavy atom. The molecule has 0 heterocycles. The van der Waals surface area contributed by atoms with Gasteiger partial charge in [0, 0.05) is 0 Å². The monoisotopic (exact) mass is 248 g/mol. The minimum absolute atomic E-state index is 0. The van der Waals surface area contributed by atoms with Crippen molar-refractivity contribution in [3.63, 3.8) is 0 Å². The zero-order valence-electron chi connectivity index (χ0n) is 9.55. The third-order valence-corrected chi connectivity index (χ3v) is 0.996. The van der Waals surface area contributed by atoms with Crippen LogP contribution in [0.5, 0.6) is 0 Å². The quantitative estimate of drug-likeness (QED) is 0.552. The first-order valence-corrected chi connectivity index (χ1v) is 4.23. The zero-order valence-corrected chi connectivity index (χ0v) is 11.1. The summed E-state index contributed by atoms with van der Waals surface area (Å²) in [4.78, 5) is 40.1. The molecule has 82 valence electrons. The van der Waals surface area contributed by atoms with Crippen LogP contribution >= 0.6 is 0 Å². The largest absolute Gasteiger partial charge is 2.00 e. The van der Waals surface area contributed by atoms with Gasteiger partial charge in [-0.1, -0.05) is 0 Å². The van der Waals surface area contributed by atoms with Gasteiger partial charge in [-0.05, 0) is 27.7 Å². The maximum absolute atomic E-state index is 10.0. The smallest absolute Gasteiger partial charge is 0.300 e. The van der Waals surface area contributed by atoms with Gasteiger partial charge in [-0.3, -0.25) is 19.2 Å². The summed E-state index contributed by atoms with van der Waals surface area (Å²) in [7, 11) is 0. The molecule has 0 rings (SSSR count). The maximum atomic E-state index is 10.0.